The van der Waals surface area contributed by atoms with E-state index in [0.717, 1.165) is 39.1 Å². The molecule has 22 heavy (non-hydrogen) atoms. The highest BCUT2D eigenvalue weighted by Crippen LogP contribution is 2.10. The number of nitrogens with zero attached hydrogens (tertiary/aromatic N) is 5. The molecule has 0 atom stereocenters. The minimum absolute atomic E-state index is 0.128. The van der Waals surface area contributed by atoms with Crippen LogP contribution in [0.2, 0.25) is 0 Å². The first-order chi connectivity index (χ1) is 10.6. The Kier molecular flexibility index (Phi) is 6.09. The number of piperazine rings is 1. The molecule has 1 saturated heterocycles. The highest BCUT2D eigenvalue weighted by molar-refractivity contribution is 5.92. The van der Waals surface area contributed by atoms with Crippen molar-refractivity contribution in [3.63, 3.8) is 0 Å². The number of rotatable bonds is 6. The number of aromatic nitrogens is 2. The Morgan fingerprint density at radius 1 is 1.32 bits per heavy atom. The molecule has 7 heteroatoms. The van der Waals surface area contributed by atoms with Crippen LogP contribution in [0.15, 0.2) is 12.3 Å². The van der Waals surface area contributed by atoms with Gasteiger partial charge in [0.2, 0.25) is 5.95 Å². The standard InChI is InChI=1S/C15H26N6O/c1-19(2)8-4-6-16-14(22)13-5-7-17-15(18-13)21-11-9-20(3)10-12-21/h5,7H,4,6,8-12H2,1-3H3,(H,16,22). The molecule has 1 amide bonds. The van der Waals surface area contributed by atoms with E-state index in [-0.39, 0.29) is 5.91 Å². The number of anilines is 1. The maximum absolute atomic E-state index is 12.1. The minimum Gasteiger partial charge on any atom is -0.351 e. The summed E-state index contributed by atoms with van der Waals surface area (Å²) in [6.45, 7) is 5.38. The number of hydrogen-bond acceptors (Lipinski definition) is 6. The number of carbonyl (C=O) groups excluding carboxylic acids is 1. The molecule has 0 aliphatic carbocycles. The Balaban J connectivity index is 1.89. The van der Waals surface area contributed by atoms with Crippen molar-refractivity contribution in [1.29, 1.82) is 0 Å². The van der Waals surface area contributed by atoms with E-state index < -0.39 is 0 Å². The average molecular weight is 306 g/mol. The maximum atomic E-state index is 12.1. The van der Waals surface area contributed by atoms with Crippen LogP contribution >= 0.6 is 0 Å². The third-order valence-corrected chi connectivity index (χ3v) is 3.73. The van der Waals surface area contributed by atoms with E-state index in [4.69, 9.17) is 0 Å². The predicted molar refractivity (Wildman–Crippen MR) is 87.2 cm³/mol. The summed E-state index contributed by atoms with van der Waals surface area (Å²) in [5.74, 6) is 0.519. The fourth-order valence-corrected chi connectivity index (χ4v) is 2.32. The zero-order chi connectivity index (χ0) is 15.9. The van der Waals surface area contributed by atoms with Gasteiger partial charge in [0, 0.05) is 38.9 Å². The molecule has 0 radical (unpaired) electrons. The summed E-state index contributed by atoms with van der Waals surface area (Å²) in [4.78, 5) is 27.3. The summed E-state index contributed by atoms with van der Waals surface area (Å²) < 4.78 is 0. The molecule has 0 spiro atoms. The number of carbonyl (C=O) groups is 1. The molecule has 0 bridgehead atoms. The molecule has 7 nitrogen and oxygen atoms in total. The first-order valence-corrected chi connectivity index (χ1v) is 7.76. The molecule has 122 valence electrons. The van der Waals surface area contributed by atoms with Gasteiger partial charge in [-0.05, 0) is 40.2 Å². The molecule has 0 saturated carbocycles. The van der Waals surface area contributed by atoms with Crippen molar-refractivity contribution in [2.75, 3.05) is 65.3 Å². The second-order valence-electron chi connectivity index (χ2n) is 5.94. The molecule has 1 aromatic heterocycles. The lowest BCUT2D eigenvalue weighted by Gasteiger charge is -2.32. The van der Waals surface area contributed by atoms with Crippen molar-refractivity contribution in [3.05, 3.63) is 18.0 Å². The SMILES string of the molecule is CN(C)CCCNC(=O)c1ccnc(N2CCN(C)CC2)n1. The smallest absolute Gasteiger partial charge is 0.270 e. The highest BCUT2D eigenvalue weighted by atomic mass is 16.1. The van der Waals surface area contributed by atoms with Crippen LogP contribution in [-0.2, 0) is 0 Å². The van der Waals surface area contributed by atoms with E-state index >= 15 is 0 Å². The van der Waals surface area contributed by atoms with Crippen LogP contribution in [0.5, 0.6) is 0 Å². The van der Waals surface area contributed by atoms with Gasteiger partial charge >= 0.3 is 0 Å². The van der Waals surface area contributed by atoms with Gasteiger partial charge in [-0.3, -0.25) is 4.79 Å². The zero-order valence-corrected chi connectivity index (χ0v) is 13.7. The topological polar surface area (TPSA) is 64.6 Å². The molecule has 1 N–H and O–H groups in total. The normalized spacial score (nSPS) is 16.1. The van der Waals surface area contributed by atoms with Crippen LogP contribution in [0.25, 0.3) is 0 Å². The van der Waals surface area contributed by atoms with Crippen LogP contribution in [0.3, 0.4) is 0 Å². The third kappa shape index (κ3) is 4.92. The lowest BCUT2D eigenvalue weighted by Crippen LogP contribution is -2.45. The van der Waals surface area contributed by atoms with Gasteiger partial charge in [0.1, 0.15) is 5.69 Å². The quantitative estimate of drug-likeness (QED) is 0.741. The number of nitrogens with one attached hydrogen (secondary N) is 1. The Morgan fingerprint density at radius 2 is 2.05 bits per heavy atom. The Hall–Kier alpha value is -1.73. The monoisotopic (exact) mass is 306 g/mol. The van der Waals surface area contributed by atoms with Gasteiger partial charge in [-0.1, -0.05) is 0 Å². The van der Waals surface area contributed by atoms with Crippen molar-refractivity contribution in [1.82, 2.24) is 25.1 Å². The molecule has 1 aliphatic heterocycles. The van der Waals surface area contributed by atoms with Crippen molar-refractivity contribution in [2.24, 2.45) is 0 Å². The fourth-order valence-electron chi connectivity index (χ4n) is 2.32. The summed E-state index contributed by atoms with van der Waals surface area (Å²) in [6, 6.07) is 1.67. The van der Waals surface area contributed by atoms with Crippen LogP contribution < -0.4 is 10.2 Å². The lowest BCUT2D eigenvalue weighted by atomic mass is 10.3. The predicted octanol–water partition coefficient (Wildman–Crippen LogP) is -0.0901. The second-order valence-corrected chi connectivity index (χ2v) is 5.94. The molecule has 1 aromatic rings. The summed E-state index contributed by atoms with van der Waals surface area (Å²) >= 11 is 0. The van der Waals surface area contributed by atoms with Gasteiger partial charge in [-0.15, -0.1) is 0 Å². The Morgan fingerprint density at radius 3 is 2.73 bits per heavy atom. The van der Waals surface area contributed by atoms with Crippen molar-refractivity contribution in [2.45, 2.75) is 6.42 Å². The zero-order valence-electron chi connectivity index (χ0n) is 13.7. The van der Waals surface area contributed by atoms with Gasteiger partial charge in [0.05, 0.1) is 0 Å². The van der Waals surface area contributed by atoms with E-state index in [1.165, 1.54) is 0 Å². The summed E-state index contributed by atoms with van der Waals surface area (Å²) in [6.07, 6.45) is 2.59. The summed E-state index contributed by atoms with van der Waals surface area (Å²) in [5, 5.41) is 2.91. The number of likely N-dealkylation sites (N-methyl/N-ethyl adjacent to an activating group) is 1. The Labute approximate surface area is 132 Å². The minimum atomic E-state index is -0.128. The fraction of sp³-hybridized carbons (Fsp3) is 0.667. The van der Waals surface area contributed by atoms with Gasteiger partial charge in [-0.25, -0.2) is 9.97 Å². The van der Waals surface area contributed by atoms with Gasteiger partial charge in [0.25, 0.3) is 5.91 Å². The Bertz CT molecular complexity index is 485. The summed E-state index contributed by atoms with van der Waals surface area (Å²) in [7, 11) is 6.15. The average Bonchev–Trinajstić information content (AvgIpc) is 2.52. The van der Waals surface area contributed by atoms with Crippen LogP contribution in [-0.4, -0.2) is 86.1 Å². The second kappa shape index (κ2) is 8.05. The van der Waals surface area contributed by atoms with E-state index in [2.05, 4.69) is 37.0 Å². The van der Waals surface area contributed by atoms with Crippen LogP contribution in [0.4, 0.5) is 5.95 Å². The molecule has 0 aromatic carbocycles. The van der Waals surface area contributed by atoms with Crippen molar-refractivity contribution >= 4 is 11.9 Å². The van der Waals surface area contributed by atoms with E-state index in [0.29, 0.717) is 18.2 Å². The first-order valence-electron chi connectivity index (χ1n) is 7.76. The van der Waals surface area contributed by atoms with E-state index in [9.17, 15) is 4.79 Å². The largest absolute Gasteiger partial charge is 0.351 e. The molecular formula is C15H26N6O. The molecule has 1 fully saturated rings. The van der Waals surface area contributed by atoms with Crippen molar-refractivity contribution < 1.29 is 4.79 Å². The van der Waals surface area contributed by atoms with E-state index in [1.54, 1.807) is 12.3 Å². The van der Waals surface area contributed by atoms with Gasteiger partial charge < -0.3 is 20.0 Å². The first kappa shape index (κ1) is 16.6. The molecule has 0 unspecified atom stereocenters. The molecule has 2 rings (SSSR count). The molecule has 1 aliphatic rings. The molecule has 2 heterocycles. The van der Waals surface area contributed by atoms with Gasteiger partial charge in [-0.2, -0.15) is 0 Å². The number of hydrogen-bond donors (Lipinski definition) is 1. The maximum Gasteiger partial charge on any atom is 0.270 e. The van der Waals surface area contributed by atoms with E-state index in [1.807, 2.05) is 14.1 Å². The highest BCUT2D eigenvalue weighted by Gasteiger charge is 2.17. The van der Waals surface area contributed by atoms with Crippen LogP contribution in [0, 0.1) is 0 Å². The van der Waals surface area contributed by atoms with Gasteiger partial charge in [0.15, 0.2) is 0 Å². The van der Waals surface area contributed by atoms with Crippen molar-refractivity contribution in [3.8, 4) is 0 Å². The van der Waals surface area contributed by atoms with Crippen LogP contribution in [0.1, 0.15) is 16.9 Å². The molecular weight excluding hydrogens is 280 g/mol. The summed E-state index contributed by atoms with van der Waals surface area (Å²) in [5.41, 5.74) is 0.439. The third-order valence-electron chi connectivity index (χ3n) is 3.73. The number of amides is 1. The lowest BCUT2D eigenvalue weighted by molar-refractivity contribution is 0.0947.